The van der Waals surface area contributed by atoms with Crippen molar-refractivity contribution in [3.63, 3.8) is 0 Å². The maximum atomic E-state index is 13.3. The summed E-state index contributed by atoms with van der Waals surface area (Å²) in [5, 5.41) is 12.3. The molecule has 104 valence electrons. The number of hydrogen-bond donors (Lipinski definition) is 2. The van der Waals surface area contributed by atoms with Gasteiger partial charge < -0.3 is 10.4 Å². The van der Waals surface area contributed by atoms with Crippen LogP contribution in [0.25, 0.3) is 0 Å². The molecule has 1 fully saturated rings. The van der Waals surface area contributed by atoms with E-state index in [2.05, 4.69) is 5.32 Å². The van der Waals surface area contributed by atoms with E-state index in [0.29, 0.717) is 6.54 Å². The topological polar surface area (TPSA) is 49.3 Å². The largest absolute Gasteiger partial charge is 0.393 e. The molecular formula is C13H14Cl2FNO2. The van der Waals surface area contributed by atoms with Crippen LogP contribution >= 0.6 is 23.2 Å². The number of hydrogen-bond acceptors (Lipinski definition) is 2. The van der Waals surface area contributed by atoms with Gasteiger partial charge >= 0.3 is 0 Å². The van der Waals surface area contributed by atoms with Gasteiger partial charge in [-0.3, -0.25) is 4.79 Å². The van der Waals surface area contributed by atoms with Gasteiger partial charge in [0.1, 0.15) is 5.82 Å². The van der Waals surface area contributed by atoms with Crippen LogP contribution in [0, 0.1) is 11.7 Å². The number of halogens is 3. The van der Waals surface area contributed by atoms with Crippen LogP contribution in [0.3, 0.4) is 0 Å². The van der Waals surface area contributed by atoms with Gasteiger partial charge in [0.15, 0.2) is 0 Å². The van der Waals surface area contributed by atoms with E-state index in [4.69, 9.17) is 23.2 Å². The van der Waals surface area contributed by atoms with Crippen LogP contribution < -0.4 is 5.32 Å². The monoisotopic (exact) mass is 305 g/mol. The zero-order valence-electron chi connectivity index (χ0n) is 10.1. The summed E-state index contributed by atoms with van der Waals surface area (Å²) in [6.07, 6.45) is 2.22. The first-order chi connectivity index (χ1) is 8.99. The summed E-state index contributed by atoms with van der Waals surface area (Å²) in [7, 11) is 0. The molecule has 2 rings (SSSR count). The number of carbonyl (C=O) groups is 1. The van der Waals surface area contributed by atoms with Gasteiger partial charge in [-0.2, -0.15) is 0 Å². The van der Waals surface area contributed by atoms with Crippen LogP contribution in [0.15, 0.2) is 12.1 Å². The molecule has 1 aliphatic rings. The molecule has 6 heteroatoms. The first-order valence-electron chi connectivity index (χ1n) is 6.10. The molecule has 0 saturated heterocycles. The lowest BCUT2D eigenvalue weighted by atomic mass is 10.1. The molecule has 0 heterocycles. The van der Waals surface area contributed by atoms with Gasteiger partial charge in [0.25, 0.3) is 5.91 Å². The normalized spacial score (nSPS) is 22.5. The Kier molecular flexibility index (Phi) is 4.66. The molecule has 1 aromatic rings. The molecular weight excluding hydrogens is 292 g/mol. The van der Waals surface area contributed by atoms with Gasteiger partial charge in [-0.05, 0) is 25.0 Å². The summed E-state index contributed by atoms with van der Waals surface area (Å²) >= 11 is 11.4. The molecule has 0 spiro atoms. The summed E-state index contributed by atoms with van der Waals surface area (Å²) in [4.78, 5) is 11.9. The number of carbonyl (C=O) groups excluding carboxylic acids is 1. The summed E-state index contributed by atoms with van der Waals surface area (Å²) in [5.41, 5.74) is 0.0519. The third-order valence-corrected chi connectivity index (χ3v) is 4.00. The minimum atomic E-state index is -0.683. The van der Waals surface area contributed by atoms with Crippen molar-refractivity contribution in [3.8, 4) is 0 Å². The lowest BCUT2D eigenvalue weighted by Gasteiger charge is -2.15. The Morgan fingerprint density at radius 2 is 2.11 bits per heavy atom. The fraction of sp³-hybridized carbons (Fsp3) is 0.462. The summed E-state index contributed by atoms with van der Waals surface area (Å²) in [5.74, 6) is -1.09. The minimum Gasteiger partial charge on any atom is -0.393 e. The third kappa shape index (κ3) is 3.38. The van der Waals surface area contributed by atoms with Gasteiger partial charge in [0, 0.05) is 12.5 Å². The number of aliphatic hydroxyl groups is 1. The van der Waals surface area contributed by atoms with E-state index in [1.54, 1.807) is 0 Å². The Morgan fingerprint density at radius 1 is 1.37 bits per heavy atom. The van der Waals surface area contributed by atoms with E-state index in [0.717, 1.165) is 25.3 Å². The van der Waals surface area contributed by atoms with Crippen LogP contribution in [0.1, 0.15) is 29.6 Å². The molecule has 2 N–H and O–H groups in total. The zero-order chi connectivity index (χ0) is 14.0. The van der Waals surface area contributed by atoms with Crippen molar-refractivity contribution in [2.75, 3.05) is 6.54 Å². The predicted octanol–water partition coefficient (Wildman–Crippen LogP) is 3.02. The third-order valence-electron chi connectivity index (χ3n) is 3.40. The second-order valence-corrected chi connectivity index (χ2v) is 5.53. The Hall–Kier alpha value is -0.840. The molecule has 19 heavy (non-hydrogen) atoms. The molecule has 0 radical (unpaired) electrons. The minimum absolute atomic E-state index is 0.0519. The number of aliphatic hydroxyl groups excluding tert-OH is 1. The van der Waals surface area contributed by atoms with Gasteiger partial charge in [-0.1, -0.05) is 29.6 Å². The van der Waals surface area contributed by atoms with Crippen molar-refractivity contribution in [1.82, 2.24) is 5.32 Å². The van der Waals surface area contributed by atoms with Crippen LogP contribution in [0.5, 0.6) is 0 Å². The number of amides is 1. The van der Waals surface area contributed by atoms with Crippen LogP contribution in [0.4, 0.5) is 4.39 Å². The van der Waals surface area contributed by atoms with Crippen molar-refractivity contribution in [2.45, 2.75) is 25.4 Å². The SMILES string of the molecule is O=C(NCC1CCCC1O)c1cc(F)c(Cl)cc1Cl. The van der Waals surface area contributed by atoms with Gasteiger partial charge in [0.05, 0.1) is 21.7 Å². The fourth-order valence-electron chi connectivity index (χ4n) is 2.27. The van der Waals surface area contributed by atoms with Crippen molar-refractivity contribution in [2.24, 2.45) is 5.92 Å². The molecule has 3 nitrogen and oxygen atoms in total. The quantitative estimate of drug-likeness (QED) is 0.843. The highest BCUT2D eigenvalue weighted by atomic mass is 35.5. The summed E-state index contributed by atoms with van der Waals surface area (Å²) in [6.45, 7) is 0.362. The van der Waals surface area contributed by atoms with Gasteiger partial charge in [0.2, 0.25) is 0 Å². The standard InChI is InChI=1S/C13H14Cl2FNO2/c14-9-5-10(15)11(16)4-8(9)13(19)17-6-7-2-1-3-12(7)18/h4-5,7,12,18H,1-3,6H2,(H,17,19). The molecule has 1 aromatic carbocycles. The highest BCUT2D eigenvalue weighted by Crippen LogP contribution is 2.26. The molecule has 0 bridgehead atoms. The average Bonchev–Trinajstić information content (AvgIpc) is 2.76. The van der Waals surface area contributed by atoms with Crippen LogP contribution in [-0.2, 0) is 0 Å². The Bertz CT molecular complexity index is 496. The highest BCUT2D eigenvalue weighted by Gasteiger charge is 2.25. The van der Waals surface area contributed by atoms with E-state index < -0.39 is 11.7 Å². The maximum absolute atomic E-state index is 13.3. The van der Waals surface area contributed by atoms with Crippen molar-refractivity contribution >= 4 is 29.1 Å². The Labute approximate surface area is 120 Å². The van der Waals surface area contributed by atoms with Crippen LogP contribution in [0.2, 0.25) is 10.0 Å². The molecule has 2 atom stereocenters. The maximum Gasteiger partial charge on any atom is 0.252 e. The molecule has 1 amide bonds. The summed E-state index contributed by atoms with van der Waals surface area (Å²) in [6, 6.07) is 2.23. The fourth-order valence-corrected chi connectivity index (χ4v) is 2.74. The van der Waals surface area contributed by atoms with Gasteiger partial charge in [-0.25, -0.2) is 4.39 Å². The lowest BCUT2D eigenvalue weighted by Crippen LogP contribution is -2.32. The van der Waals surface area contributed by atoms with E-state index in [1.165, 1.54) is 6.07 Å². The van der Waals surface area contributed by atoms with Crippen LogP contribution in [-0.4, -0.2) is 23.7 Å². The Balaban J connectivity index is 2.02. The highest BCUT2D eigenvalue weighted by molar-refractivity contribution is 6.36. The number of nitrogens with one attached hydrogen (secondary N) is 1. The molecule has 2 unspecified atom stereocenters. The number of benzene rings is 1. The average molecular weight is 306 g/mol. The first-order valence-corrected chi connectivity index (χ1v) is 6.85. The van der Waals surface area contributed by atoms with Crippen molar-refractivity contribution in [3.05, 3.63) is 33.6 Å². The smallest absolute Gasteiger partial charge is 0.252 e. The molecule has 0 aromatic heterocycles. The van der Waals surface area contributed by atoms with E-state index in [-0.39, 0.29) is 27.6 Å². The molecule has 1 aliphatic carbocycles. The van der Waals surface area contributed by atoms with E-state index in [9.17, 15) is 14.3 Å². The zero-order valence-corrected chi connectivity index (χ0v) is 11.6. The van der Waals surface area contributed by atoms with E-state index >= 15 is 0 Å². The second-order valence-electron chi connectivity index (χ2n) is 4.71. The summed E-state index contributed by atoms with van der Waals surface area (Å²) < 4.78 is 13.3. The Morgan fingerprint density at radius 3 is 2.74 bits per heavy atom. The molecule has 0 aliphatic heterocycles. The van der Waals surface area contributed by atoms with E-state index in [1.807, 2.05) is 0 Å². The number of rotatable bonds is 3. The van der Waals surface area contributed by atoms with Crippen molar-refractivity contribution < 1.29 is 14.3 Å². The second kappa shape index (κ2) is 6.07. The first kappa shape index (κ1) is 14.6. The lowest BCUT2D eigenvalue weighted by molar-refractivity contribution is 0.0916. The molecule has 1 saturated carbocycles. The predicted molar refractivity (Wildman–Crippen MR) is 72.1 cm³/mol. The van der Waals surface area contributed by atoms with Gasteiger partial charge in [-0.15, -0.1) is 0 Å². The van der Waals surface area contributed by atoms with Crippen molar-refractivity contribution in [1.29, 1.82) is 0 Å².